The molecule has 0 bridgehead atoms. The molecule has 0 atom stereocenters. The van der Waals surface area contributed by atoms with E-state index in [2.05, 4.69) is 20.2 Å². The molecule has 2 aromatic heterocycles. The van der Waals surface area contributed by atoms with E-state index < -0.39 is 0 Å². The van der Waals surface area contributed by atoms with Gasteiger partial charge in [0.05, 0.1) is 11.5 Å². The van der Waals surface area contributed by atoms with Crippen molar-refractivity contribution in [2.75, 3.05) is 31.1 Å². The van der Waals surface area contributed by atoms with Crippen molar-refractivity contribution >= 4 is 33.3 Å². The van der Waals surface area contributed by atoms with E-state index in [1.165, 1.54) is 11.3 Å². The average molecular weight is 334 g/mol. The Kier molecular flexibility index (Phi) is 4.77. The fraction of sp³-hybridized carbons (Fsp3) is 0.562. The van der Waals surface area contributed by atoms with Crippen LogP contribution in [0.2, 0.25) is 0 Å². The molecule has 6 nitrogen and oxygen atoms in total. The number of aryl methyl sites for hydroxylation is 1. The van der Waals surface area contributed by atoms with Crippen LogP contribution >= 0.6 is 11.3 Å². The number of nitrogens with one attached hydrogen (secondary N) is 1. The number of carbonyl (C=O) groups is 1. The Hall–Kier alpha value is -1.73. The topological polar surface area (TPSA) is 67.3 Å². The average Bonchev–Trinajstić information content (AvgIpc) is 2.71. The van der Waals surface area contributed by atoms with Crippen molar-refractivity contribution in [2.24, 2.45) is 0 Å². The van der Waals surface area contributed by atoms with Crippen LogP contribution in [0.5, 0.6) is 0 Å². The molecular weight excluding hydrogens is 312 g/mol. The van der Waals surface area contributed by atoms with Gasteiger partial charge >= 0.3 is 5.97 Å². The predicted octanol–water partition coefficient (Wildman–Crippen LogP) is 2.36. The molecule has 23 heavy (non-hydrogen) atoms. The normalized spacial score (nSPS) is 15.9. The van der Waals surface area contributed by atoms with Gasteiger partial charge in [0.1, 0.15) is 21.9 Å². The van der Waals surface area contributed by atoms with Crippen molar-refractivity contribution < 1.29 is 9.53 Å². The zero-order valence-electron chi connectivity index (χ0n) is 13.8. The van der Waals surface area contributed by atoms with E-state index >= 15 is 0 Å². The summed E-state index contributed by atoms with van der Waals surface area (Å²) in [6.07, 6.45) is 2.54. The highest BCUT2D eigenvalue weighted by atomic mass is 32.1. The molecule has 3 rings (SSSR count). The van der Waals surface area contributed by atoms with Gasteiger partial charge in [-0.05, 0) is 39.3 Å². The third-order valence-electron chi connectivity index (χ3n) is 3.87. The third-order valence-corrected chi connectivity index (χ3v) is 5.05. The second kappa shape index (κ2) is 6.80. The molecule has 0 aromatic carbocycles. The molecule has 3 heterocycles. The number of hydrogen-bond acceptors (Lipinski definition) is 7. The molecule has 7 heteroatoms. The second-order valence-electron chi connectivity index (χ2n) is 5.98. The van der Waals surface area contributed by atoms with Crippen LogP contribution in [0.1, 0.15) is 35.5 Å². The number of esters is 1. The monoisotopic (exact) mass is 334 g/mol. The summed E-state index contributed by atoms with van der Waals surface area (Å²) < 4.78 is 5.35. The first-order valence-electron chi connectivity index (χ1n) is 7.98. The Labute approximate surface area is 139 Å². The smallest absolute Gasteiger partial charge is 0.348 e. The number of hydrogen-bond donors (Lipinski definition) is 1. The lowest BCUT2D eigenvalue weighted by atomic mass is 10.2. The van der Waals surface area contributed by atoms with Gasteiger partial charge in [0.15, 0.2) is 0 Å². The Morgan fingerprint density at radius 2 is 2.17 bits per heavy atom. The summed E-state index contributed by atoms with van der Waals surface area (Å²) in [5, 5.41) is 4.38. The summed E-state index contributed by atoms with van der Waals surface area (Å²) in [7, 11) is 0. The molecule has 124 valence electrons. The minimum Gasteiger partial charge on any atom is -0.459 e. The summed E-state index contributed by atoms with van der Waals surface area (Å²) in [5.74, 6) is 0.653. The number of ether oxygens (including phenoxy) is 1. The van der Waals surface area contributed by atoms with Crippen molar-refractivity contribution in [3.63, 3.8) is 0 Å². The molecule has 0 aliphatic carbocycles. The fourth-order valence-corrected chi connectivity index (χ4v) is 3.84. The minimum atomic E-state index is -0.274. The van der Waals surface area contributed by atoms with Crippen LogP contribution in [0.25, 0.3) is 10.2 Å². The van der Waals surface area contributed by atoms with Crippen LogP contribution in [-0.2, 0) is 4.74 Å². The Morgan fingerprint density at radius 3 is 2.96 bits per heavy atom. The molecule has 0 unspecified atom stereocenters. The highest BCUT2D eigenvalue weighted by Gasteiger charge is 2.23. The second-order valence-corrected chi connectivity index (χ2v) is 6.98. The van der Waals surface area contributed by atoms with Gasteiger partial charge in [-0.3, -0.25) is 0 Å². The number of aromatic nitrogens is 2. The van der Waals surface area contributed by atoms with Gasteiger partial charge in [-0.25, -0.2) is 14.8 Å². The number of nitrogens with zero attached hydrogens (tertiary/aromatic N) is 3. The first-order chi connectivity index (χ1) is 11.1. The molecule has 1 saturated heterocycles. The van der Waals surface area contributed by atoms with E-state index in [1.54, 1.807) is 6.33 Å². The lowest BCUT2D eigenvalue weighted by molar-refractivity contribution is 0.0383. The number of fused-ring (bicyclic) bond motifs is 1. The van der Waals surface area contributed by atoms with Gasteiger partial charge in [-0.2, -0.15) is 0 Å². The first-order valence-corrected chi connectivity index (χ1v) is 8.80. The molecule has 0 radical (unpaired) electrons. The van der Waals surface area contributed by atoms with Crippen LogP contribution in [0, 0.1) is 6.92 Å². The van der Waals surface area contributed by atoms with Gasteiger partial charge in [0, 0.05) is 19.6 Å². The Balaban J connectivity index is 2.03. The van der Waals surface area contributed by atoms with E-state index in [0.717, 1.165) is 54.2 Å². The zero-order chi connectivity index (χ0) is 16.4. The number of anilines is 1. The van der Waals surface area contributed by atoms with Crippen LogP contribution in [0.3, 0.4) is 0 Å². The van der Waals surface area contributed by atoms with E-state index in [-0.39, 0.29) is 12.1 Å². The summed E-state index contributed by atoms with van der Waals surface area (Å²) in [5.41, 5.74) is 0.920. The van der Waals surface area contributed by atoms with Crippen LogP contribution < -0.4 is 10.2 Å². The fourth-order valence-electron chi connectivity index (χ4n) is 2.81. The largest absolute Gasteiger partial charge is 0.459 e. The lowest BCUT2D eigenvalue weighted by Crippen LogP contribution is -2.28. The van der Waals surface area contributed by atoms with Crippen LogP contribution in [-0.4, -0.2) is 48.2 Å². The van der Waals surface area contributed by atoms with E-state index in [4.69, 9.17) is 4.74 Å². The van der Waals surface area contributed by atoms with Gasteiger partial charge in [0.25, 0.3) is 0 Å². The van der Waals surface area contributed by atoms with E-state index in [9.17, 15) is 4.79 Å². The Morgan fingerprint density at radius 1 is 1.35 bits per heavy atom. The molecule has 1 N–H and O–H groups in total. The molecular formula is C16H22N4O2S. The predicted molar refractivity (Wildman–Crippen MR) is 92.4 cm³/mol. The molecule has 0 saturated carbocycles. The van der Waals surface area contributed by atoms with Gasteiger partial charge in [-0.15, -0.1) is 11.3 Å². The van der Waals surface area contributed by atoms with Crippen molar-refractivity contribution in [1.82, 2.24) is 15.3 Å². The van der Waals surface area contributed by atoms with Crippen molar-refractivity contribution in [2.45, 2.75) is 33.3 Å². The maximum Gasteiger partial charge on any atom is 0.348 e. The molecule has 0 amide bonds. The van der Waals surface area contributed by atoms with E-state index in [0.29, 0.717) is 4.88 Å². The molecule has 0 spiro atoms. The summed E-state index contributed by atoms with van der Waals surface area (Å²) in [6, 6.07) is 0. The maximum absolute atomic E-state index is 12.3. The quantitative estimate of drug-likeness (QED) is 0.869. The van der Waals surface area contributed by atoms with Crippen molar-refractivity contribution in [3.05, 3.63) is 16.8 Å². The molecule has 1 aliphatic rings. The van der Waals surface area contributed by atoms with Gasteiger partial charge in [0.2, 0.25) is 0 Å². The highest BCUT2D eigenvalue weighted by Crippen LogP contribution is 2.35. The summed E-state index contributed by atoms with van der Waals surface area (Å²) >= 11 is 1.39. The molecule has 1 fully saturated rings. The van der Waals surface area contributed by atoms with Gasteiger partial charge in [-0.1, -0.05) is 0 Å². The van der Waals surface area contributed by atoms with Gasteiger partial charge < -0.3 is 15.0 Å². The third kappa shape index (κ3) is 3.30. The Bertz CT molecular complexity index is 705. The van der Waals surface area contributed by atoms with Crippen LogP contribution in [0.15, 0.2) is 6.33 Å². The minimum absolute atomic E-state index is 0.130. The van der Waals surface area contributed by atoms with Crippen molar-refractivity contribution in [3.8, 4) is 0 Å². The zero-order valence-corrected chi connectivity index (χ0v) is 14.6. The standard InChI is InChI=1S/C16H22N4O2S/c1-10(2)22-16(21)13-11(3)12-14(18-9-19-15(12)23-13)20-7-4-5-17-6-8-20/h9-10,17H,4-8H2,1-3H3. The number of thiophene rings is 1. The van der Waals surface area contributed by atoms with E-state index in [1.807, 2.05) is 20.8 Å². The number of rotatable bonds is 3. The lowest BCUT2D eigenvalue weighted by Gasteiger charge is -2.21. The number of carbonyl (C=O) groups excluding carboxylic acids is 1. The van der Waals surface area contributed by atoms with Crippen LogP contribution in [0.4, 0.5) is 5.82 Å². The summed E-state index contributed by atoms with van der Waals surface area (Å²) in [4.78, 5) is 24.9. The first kappa shape index (κ1) is 16.1. The van der Waals surface area contributed by atoms with Crippen molar-refractivity contribution in [1.29, 1.82) is 0 Å². The highest BCUT2D eigenvalue weighted by molar-refractivity contribution is 7.20. The maximum atomic E-state index is 12.3. The molecule has 2 aromatic rings. The molecule has 1 aliphatic heterocycles. The summed E-state index contributed by atoms with van der Waals surface area (Å²) in [6.45, 7) is 9.51. The SMILES string of the molecule is Cc1c(C(=O)OC(C)C)sc2ncnc(N3CCCNCC3)c12.